The standard InChI is InChI=1S/C30H52O16P2/c1-12-34-47(31,36-15-17-19-21(41-27(5,6)40-19)22-24(37-17)44-28(7,8)42-22)16-48(32,35-13-2)45-25-30(11)23(43-29(9,10)46-30)20(38-25)18-14-33-26(3,4)39-18/h17-25H,12-16H2,1-11H3/t17-,18-,19+,20-,21+,22-,23+,24-,25-,30+,47?,48?/m1/s1. The maximum Gasteiger partial charge on any atom is 0.345 e. The summed E-state index contributed by atoms with van der Waals surface area (Å²) in [6, 6.07) is 0. The van der Waals surface area contributed by atoms with Crippen LogP contribution in [0.4, 0.5) is 0 Å². The highest BCUT2D eigenvalue weighted by atomic mass is 31.2. The van der Waals surface area contributed by atoms with Crippen molar-refractivity contribution < 1.29 is 74.6 Å². The van der Waals surface area contributed by atoms with Crippen molar-refractivity contribution in [3.05, 3.63) is 0 Å². The first-order valence-electron chi connectivity index (χ1n) is 16.6. The van der Waals surface area contributed by atoms with Gasteiger partial charge in [0.05, 0.1) is 26.4 Å². The van der Waals surface area contributed by atoms with Crippen molar-refractivity contribution in [3.8, 4) is 0 Å². The lowest BCUT2D eigenvalue weighted by Gasteiger charge is -2.37. The lowest BCUT2D eigenvalue weighted by Crippen LogP contribution is -2.56. The second-order valence-electron chi connectivity index (χ2n) is 14.8. The molecule has 0 saturated carbocycles. The van der Waals surface area contributed by atoms with Gasteiger partial charge >= 0.3 is 15.2 Å². The van der Waals surface area contributed by atoms with E-state index in [1.807, 2.05) is 0 Å². The molecule has 48 heavy (non-hydrogen) atoms. The molecule has 16 nitrogen and oxygen atoms in total. The Balaban J connectivity index is 1.20. The summed E-state index contributed by atoms with van der Waals surface area (Å²) in [6.45, 7) is 19.3. The van der Waals surface area contributed by atoms with Crippen LogP contribution in [0.25, 0.3) is 0 Å². The number of fused-ring (bicyclic) bond motifs is 4. The van der Waals surface area contributed by atoms with Crippen LogP contribution in [0.2, 0.25) is 0 Å². The second-order valence-corrected chi connectivity index (χ2v) is 19.4. The van der Waals surface area contributed by atoms with Gasteiger partial charge in [-0.3, -0.25) is 13.7 Å². The zero-order chi connectivity index (χ0) is 35.1. The van der Waals surface area contributed by atoms with E-state index in [9.17, 15) is 9.13 Å². The summed E-state index contributed by atoms with van der Waals surface area (Å²) in [6.07, 6.45) is -6.46. The van der Waals surface area contributed by atoms with Crippen LogP contribution in [0.5, 0.6) is 0 Å². The monoisotopic (exact) mass is 730 g/mol. The van der Waals surface area contributed by atoms with E-state index in [1.165, 1.54) is 0 Å². The summed E-state index contributed by atoms with van der Waals surface area (Å²) >= 11 is 0. The van der Waals surface area contributed by atoms with E-state index in [0.717, 1.165) is 0 Å². The van der Waals surface area contributed by atoms with Gasteiger partial charge in [-0.15, -0.1) is 0 Å². The van der Waals surface area contributed by atoms with E-state index in [1.54, 1.807) is 76.2 Å². The van der Waals surface area contributed by atoms with Crippen molar-refractivity contribution in [3.63, 3.8) is 0 Å². The minimum Gasteiger partial charge on any atom is -0.348 e. The summed E-state index contributed by atoms with van der Waals surface area (Å²) in [5.74, 6) is -4.42. The van der Waals surface area contributed by atoms with Gasteiger partial charge in [-0.2, -0.15) is 0 Å². The fourth-order valence-corrected chi connectivity index (χ4v) is 12.0. The Bertz CT molecular complexity index is 1290. The number of hydrogen-bond acceptors (Lipinski definition) is 16. The van der Waals surface area contributed by atoms with Gasteiger partial charge in [-0.25, -0.2) is 0 Å². The number of hydrogen-bond donors (Lipinski definition) is 0. The number of ether oxygens (including phenoxy) is 10. The minimum atomic E-state index is -4.27. The van der Waals surface area contributed by atoms with Crippen LogP contribution in [-0.4, -0.2) is 116 Å². The Kier molecular flexibility index (Phi) is 10.0. The van der Waals surface area contributed by atoms with Crippen LogP contribution >= 0.6 is 15.2 Å². The molecular weight excluding hydrogens is 678 g/mol. The van der Waals surface area contributed by atoms with E-state index in [0.29, 0.717) is 0 Å². The summed E-state index contributed by atoms with van der Waals surface area (Å²) in [4.78, 5) is 0. The fourth-order valence-electron chi connectivity index (χ4n) is 7.24. The smallest absolute Gasteiger partial charge is 0.345 e. The first-order chi connectivity index (χ1) is 22.1. The zero-order valence-electron chi connectivity index (χ0n) is 29.7. The van der Waals surface area contributed by atoms with E-state index in [2.05, 4.69) is 0 Å². The van der Waals surface area contributed by atoms with Crippen LogP contribution in [0.1, 0.15) is 76.2 Å². The van der Waals surface area contributed by atoms with Gasteiger partial charge in [0.1, 0.15) is 48.3 Å². The molecule has 278 valence electrons. The van der Waals surface area contributed by atoms with Crippen LogP contribution < -0.4 is 0 Å². The second kappa shape index (κ2) is 12.8. The topological polar surface area (TPSA) is 163 Å². The third-order valence-electron chi connectivity index (χ3n) is 8.83. The first kappa shape index (κ1) is 37.7. The van der Waals surface area contributed by atoms with Crippen molar-refractivity contribution in [1.29, 1.82) is 0 Å². The van der Waals surface area contributed by atoms with Crippen molar-refractivity contribution in [2.45, 2.75) is 160 Å². The van der Waals surface area contributed by atoms with Gasteiger partial charge in [0.15, 0.2) is 41.6 Å². The Morgan fingerprint density at radius 3 is 1.92 bits per heavy atom. The largest absolute Gasteiger partial charge is 0.348 e. The molecule has 0 aromatic heterocycles. The molecule has 0 N–H and O–H groups in total. The maximum absolute atomic E-state index is 14.5. The van der Waals surface area contributed by atoms with Crippen LogP contribution in [-0.2, 0) is 74.6 Å². The van der Waals surface area contributed by atoms with Crippen molar-refractivity contribution in [2.75, 3.05) is 32.3 Å². The quantitative estimate of drug-likeness (QED) is 0.255. The van der Waals surface area contributed by atoms with E-state index >= 15 is 0 Å². The minimum absolute atomic E-state index is 0.00873. The predicted molar refractivity (Wildman–Crippen MR) is 165 cm³/mol. The molecule has 6 rings (SSSR count). The molecule has 0 amide bonds. The van der Waals surface area contributed by atoms with Crippen LogP contribution in [0.15, 0.2) is 0 Å². The third-order valence-corrected chi connectivity index (χ3v) is 14.0. The Morgan fingerprint density at radius 2 is 1.27 bits per heavy atom. The zero-order valence-corrected chi connectivity index (χ0v) is 31.4. The summed E-state index contributed by atoms with van der Waals surface area (Å²) < 4.78 is 114. The molecule has 2 unspecified atom stereocenters. The molecule has 6 aliphatic heterocycles. The molecule has 0 bridgehead atoms. The predicted octanol–water partition coefficient (Wildman–Crippen LogP) is 4.62. The Labute approximate surface area is 282 Å². The summed E-state index contributed by atoms with van der Waals surface area (Å²) in [7, 11) is -8.45. The van der Waals surface area contributed by atoms with E-state index < -0.39 is 105 Å². The normalized spacial score (nSPS) is 44.5. The van der Waals surface area contributed by atoms with Gasteiger partial charge in [-0.1, -0.05) is 0 Å². The number of rotatable bonds is 12. The molecule has 6 heterocycles. The molecule has 6 saturated heterocycles. The molecule has 18 heteroatoms. The average Bonchev–Trinajstić information content (AvgIpc) is 3.67. The molecule has 0 aromatic rings. The lowest BCUT2D eigenvalue weighted by molar-refractivity contribution is -0.247. The summed E-state index contributed by atoms with van der Waals surface area (Å²) in [5, 5.41) is 0. The van der Waals surface area contributed by atoms with Gasteiger partial charge in [-0.05, 0) is 76.2 Å². The van der Waals surface area contributed by atoms with Gasteiger partial charge in [0.25, 0.3) is 0 Å². The average molecular weight is 731 g/mol. The Morgan fingerprint density at radius 1 is 0.646 bits per heavy atom. The van der Waals surface area contributed by atoms with Crippen LogP contribution in [0.3, 0.4) is 0 Å². The first-order valence-corrected chi connectivity index (χ1v) is 20.1. The molecule has 0 aliphatic carbocycles. The third kappa shape index (κ3) is 7.52. The molecule has 12 atom stereocenters. The molecule has 6 aliphatic rings. The van der Waals surface area contributed by atoms with E-state index in [4.69, 9.17) is 65.5 Å². The Hall–Kier alpha value is -0.100. The van der Waals surface area contributed by atoms with Crippen LogP contribution in [0, 0.1) is 0 Å². The SMILES string of the molecule is CCOP(=O)(CP(=O)(OCC)O[C@H]1O[C@H]([C@H]2COC(C)(C)O2)[C@@H]2OC(C)(C)O[C@]12C)OC[C@H]1O[C@@H]2OC(C)(C)O[C@@H]2[C@H]2OC(C)(C)O[C@H]21. The van der Waals surface area contributed by atoms with Gasteiger partial charge < -0.3 is 60.9 Å². The lowest BCUT2D eigenvalue weighted by atomic mass is 9.95. The van der Waals surface area contributed by atoms with E-state index in [-0.39, 0.29) is 26.4 Å². The highest BCUT2D eigenvalue weighted by molar-refractivity contribution is 7.71. The molecule has 0 radical (unpaired) electrons. The van der Waals surface area contributed by atoms with Crippen molar-refractivity contribution in [2.24, 2.45) is 0 Å². The van der Waals surface area contributed by atoms with Crippen molar-refractivity contribution >= 4 is 15.2 Å². The molecule has 0 aromatic carbocycles. The van der Waals surface area contributed by atoms with Crippen molar-refractivity contribution in [1.82, 2.24) is 0 Å². The fraction of sp³-hybridized carbons (Fsp3) is 1.00. The maximum atomic E-state index is 14.5. The van der Waals surface area contributed by atoms with Gasteiger partial charge in [0.2, 0.25) is 0 Å². The highest BCUT2D eigenvalue weighted by Gasteiger charge is 2.68. The highest BCUT2D eigenvalue weighted by Crippen LogP contribution is 2.66. The summed E-state index contributed by atoms with van der Waals surface area (Å²) in [5.41, 5.74) is -1.24. The van der Waals surface area contributed by atoms with Gasteiger partial charge in [0, 0.05) is 0 Å². The molecule has 6 fully saturated rings. The molecule has 0 spiro atoms. The molecular formula is C30H52O16P2.